The van der Waals surface area contributed by atoms with E-state index in [4.69, 9.17) is 0 Å². The van der Waals surface area contributed by atoms with Crippen molar-refractivity contribution < 1.29 is 4.79 Å². The van der Waals surface area contributed by atoms with Gasteiger partial charge in [0, 0.05) is 43.4 Å². The predicted octanol–water partition coefficient (Wildman–Crippen LogP) is 3.32. The molecule has 0 aliphatic carbocycles. The Bertz CT molecular complexity index is 849. The summed E-state index contributed by atoms with van der Waals surface area (Å²) in [5.41, 5.74) is 2.18. The van der Waals surface area contributed by atoms with Gasteiger partial charge in [-0.25, -0.2) is 9.97 Å². The Balaban J connectivity index is 1.61. The number of likely N-dealkylation sites (tertiary alicyclic amines) is 1. The topological polar surface area (TPSA) is 93.9 Å². The van der Waals surface area contributed by atoms with Gasteiger partial charge in [-0.3, -0.25) is 4.79 Å². The van der Waals surface area contributed by atoms with E-state index in [-0.39, 0.29) is 11.3 Å². The number of nitrogens with one attached hydrogen (secondary N) is 2. The summed E-state index contributed by atoms with van der Waals surface area (Å²) in [7, 11) is 0. The standard InChI is InChI=1S/C20H26N6OS/c1-20(2,3)16-13-28-18(25-16)14(12-21)15-7-9-23-19(24-15)22-8-5-11-26-10-4-6-17(26)27/h7,9,13,25H,4-6,8,10-11H2,1-3H3,(H,22,23,24)/b18-14-. The van der Waals surface area contributed by atoms with Crippen LogP contribution >= 0.6 is 11.8 Å². The van der Waals surface area contributed by atoms with Crippen molar-refractivity contribution in [1.82, 2.24) is 20.2 Å². The first-order valence-corrected chi connectivity index (χ1v) is 10.4. The zero-order chi connectivity index (χ0) is 20.1. The summed E-state index contributed by atoms with van der Waals surface area (Å²) in [6, 6.07) is 4.02. The molecule has 28 heavy (non-hydrogen) atoms. The van der Waals surface area contributed by atoms with Gasteiger partial charge < -0.3 is 15.5 Å². The van der Waals surface area contributed by atoms with E-state index in [2.05, 4.69) is 47.4 Å². The minimum atomic E-state index is -0.00950. The number of hydrogen-bond donors (Lipinski definition) is 2. The van der Waals surface area contributed by atoms with Gasteiger partial charge in [-0.15, -0.1) is 0 Å². The second-order valence-electron chi connectivity index (χ2n) is 7.87. The number of thioether (sulfide) groups is 1. The quantitative estimate of drug-likeness (QED) is 0.561. The minimum Gasteiger partial charge on any atom is -0.354 e. The average Bonchev–Trinajstić information content (AvgIpc) is 3.29. The molecule has 0 atom stereocenters. The van der Waals surface area contributed by atoms with Gasteiger partial charge in [0.15, 0.2) is 0 Å². The molecule has 8 heteroatoms. The highest BCUT2D eigenvalue weighted by Crippen LogP contribution is 2.37. The summed E-state index contributed by atoms with van der Waals surface area (Å²) < 4.78 is 0. The molecule has 3 heterocycles. The Kier molecular flexibility index (Phi) is 6.25. The van der Waals surface area contributed by atoms with Crippen LogP contribution in [0.5, 0.6) is 0 Å². The molecule has 1 aromatic heterocycles. The van der Waals surface area contributed by atoms with E-state index in [0.29, 0.717) is 30.2 Å². The van der Waals surface area contributed by atoms with Crippen molar-refractivity contribution in [3.05, 3.63) is 34.1 Å². The molecule has 148 valence electrons. The molecule has 1 saturated heterocycles. The molecule has 0 spiro atoms. The fourth-order valence-electron chi connectivity index (χ4n) is 3.00. The Morgan fingerprint density at radius 2 is 2.29 bits per heavy atom. The fourth-order valence-corrected chi connectivity index (χ4v) is 4.09. The lowest BCUT2D eigenvalue weighted by Crippen LogP contribution is -2.27. The van der Waals surface area contributed by atoms with E-state index in [1.165, 1.54) is 11.8 Å². The van der Waals surface area contributed by atoms with E-state index in [9.17, 15) is 10.1 Å². The summed E-state index contributed by atoms with van der Waals surface area (Å²) in [5, 5.41) is 19.1. The van der Waals surface area contributed by atoms with Crippen LogP contribution < -0.4 is 10.6 Å². The van der Waals surface area contributed by atoms with Crippen molar-refractivity contribution >= 4 is 29.2 Å². The lowest BCUT2D eigenvalue weighted by Gasteiger charge is -2.20. The second-order valence-corrected chi connectivity index (χ2v) is 8.75. The molecule has 0 radical (unpaired) electrons. The molecular formula is C20H26N6OS. The van der Waals surface area contributed by atoms with Gasteiger partial charge in [0.1, 0.15) is 11.6 Å². The molecule has 0 unspecified atom stereocenters. The molecule has 1 amide bonds. The fraction of sp³-hybridized carbons (Fsp3) is 0.500. The molecule has 0 aromatic carbocycles. The van der Waals surface area contributed by atoms with Crippen LogP contribution in [0.4, 0.5) is 5.95 Å². The van der Waals surface area contributed by atoms with Gasteiger partial charge in [-0.1, -0.05) is 32.5 Å². The lowest BCUT2D eigenvalue weighted by molar-refractivity contribution is -0.127. The van der Waals surface area contributed by atoms with E-state index in [0.717, 1.165) is 36.7 Å². The Labute approximate surface area is 170 Å². The summed E-state index contributed by atoms with van der Waals surface area (Å²) in [6.07, 6.45) is 4.12. The molecule has 2 aliphatic rings. The van der Waals surface area contributed by atoms with Crippen LogP contribution in [0, 0.1) is 16.7 Å². The number of rotatable bonds is 6. The van der Waals surface area contributed by atoms with Crippen molar-refractivity contribution in [3.63, 3.8) is 0 Å². The first-order chi connectivity index (χ1) is 13.4. The molecule has 2 aliphatic heterocycles. The molecule has 1 fully saturated rings. The number of nitrogens with zero attached hydrogens (tertiary/aromatic N) is 4. The number of aromatic nitrogens is 2. The van der Waals surface area contributed by atoms with Gasteiger partial charge in [0.25, 0.3) is 0 Å². The maximum Gasteiger partial charge on any atom is 0.223 e. The van der Waals surface area contributed by atoms with Crippen LogP contribution in [0.1, 0.15) is 45.7 Å². The number of allylic oxidation sites excluding steroid dienone is 2. The van der Waals surface area contributed by atoms with Gasteiger partial charge in [0.05, 0.1) is 10.7 Å². The highest BCUT2D eigenvalue weighted by Gasteiger charge is 2.25. The Hall–Kier alpha value is -2.53. The van der Waals surface area contributed by atoms with Crippen molar-refractivity contribution in [3.8, 4) is 6.07 Å². The van der Waals surface area contributed by atoms with Gasteiger partial charge in [-0.2, -0.15) is 5.26 Å². The van der Waals surface area contributed by atoms with Gasteiger partial charge >= 0.3 is 0 Å². The first-order valence-electron chi connectivity index (χ1n) is 9.52. The third kappa shape index (κ3) is 4.84. The van der Waals surface area contributed by atoms with Crippen molar-refractivity contribution in [2.75, 3.05) is 25.0 Å². The van der Waals surface area contributed by atoms with Crippen LogP contribution in [0.15, 0.2) is 28.4 Å². The monoisotopic (exact) mass is 398 g/mol. The summed E-state index contributed by atoms with van der Waals surface area (Å²) in [5.74, 6) is 0.735. The van der Waals surface area contributed by atoms with Crippen molar-refractivity contribution in [2.45, 2.75) is 40.0 Å². The molecular weight excluding hydrogens is 372 g/mol. The first kappa shape index (κ1) is 20.2. The molecule has 3 rings (SSSR count). The second kappa shape index (κ2) is 8.65. The minimum absolute atomic E-state index is 0.00950. The molecule has 7 nitrogen and oxygen atoms in total. The van der Waals surface area contributed by atoms with E-state index < -0.39 is 0 Å². The number of anilines is 1. The van der Waals surface area contributed by atoms with Crippen molar-refractivity contribution in [2.24, 2.45) is 5.41 Å². The number of nitriles is 1. The SMILES string of the molecule is CC(C)(C)C1=CS/C(=C(/C#N)c2ccnc(NCCCN3CCCC3=O)n2)N1. The van der Waals surface area contributed by atoms with E-state index >= 15 is 0 Å². The van der Waals surface area contributed by atoms with Crippen LogP contribution in [0.25, 0.3) is 5.57 Å². The molecule has 0 saturated carbocycles. The average molecular weight is 399 g/mol. The highest BCUT2D eigenvalue weighted by atomic mass is 32.2. The number of carbonyl (C=O) groups excluding carboxylic acids is 1. The molecule has 2 N–H and O–H groups in total. The highest BCUT2D eigenvalue weighted by molar-refractivity contribution is 8.06. The summed E-state index contributed by atoms with van der Waals surface area (Å²) >= 11 is 1.51. The van der Waals surface area contributed by atoms with Gasteiger partial charge in [-0.05, 0) is 24.3 Å². The van der Waals surface area contributed by atoms with Gasteiger partial charge in [0.2, 0.25) is 11.9 Å². The smallest absolute Gasteiger partial charge is 0.223 e. The number of hydrogen-bond acceptors (Lipinski definition) is 7. The molecule has 0 bridgehead atoms. The Morgan fingerprint density at radius 1 is 1.46 bits per heavy atom. The van der Waals surface area contributed by atoms with Crippen LogP contribution in [-0.4, -0.2) is 40.4 Å². The zero-order valence-electron chi connectivity index (χ0n) is 16.6. The van der Waals surface area contributed by atoms with E-state index in [1.54, 1.807) is 12.3 Å². The van der Waals surface area contributed by atoms with Crippen molar-refractivity contribution in [1.29, 1.82) is 5.26 Å². The number of amides is 1. The van der Waals surface area contributed by atoms with E-state index in [1.807, 2.05) is 10.3 Å². The maximum atomic E-state index is 11.6. The third-order valence-corrected chi connectivity index (χ3v) is 5.56. The predicted molar refractivity (Wildman–Crippen MR) is 112 cm³/mol. The maximum absolute atomic E-state index is 11.6. The van der Waals surface area contributed by atoms with Crippen LogP contribution in [0.3, 0.4) is 0 Å². The van der Waals surface area contributed by atoms with Crippen LogP contribution in [0.2, 0.25) is 0 Å². The normalized spacial score (nSPS) is 18.6. The molecule has 1 aromatic rings. The number of carbonyl (C=O) groups is 1. The van der Waals surface area contributed by atoms with Crippen LogP contribution in [-0.2, 0) is 4.79 Å². The third-order valence-electron chi connectivity index (χ3n) is 4.66. The lowest BCUT2D eigenvalue weighted by atomic mass is 9.93. The summed E-state index contributed by atoms with van der Waals surface area (Å²) in [6.45, 7) is 8.67. The zero-order valence-corrected chi connectivity index (χ0v) is 17.4. The Morgan fingerprint density at radius 3 is 2.93 bits per heavy atom. The summed E-state index contributed by atoms with van der Waals surface area (Å²) in [4.78, 5) is 22.3. The largest absolute Gasteiger partial charge is 0.354 e.